The molecular weight excluding hydrogens is 444 g/mol. The average Bonchev–Trinajstić information content (AvgIpc) is 2.77. The lowest BCUT2D eigenvalue weighted by Crippen LogP contribution is -2.30. The topological polar surface area (TPSA) is 58.6 Å². The Morgan fingerprint density at radius 2 is 1.67 bits per heavy atom. The molecule has 0 radical (unpaired) electrons. The second-order valence-corrected chi connectivity index (χ2v) is 7.41. The van der Waals surface area contributed by atoms with Crippen LogP contribution in [0.1, 0.15) is 34.6 Å². The number of ether oxygens (including phenoxy) is 1. The first-order chi connectivity index (χ1) is 14.5. The van der Waals surface area contributed by atoms with E-state index >= 15 is 0 Å². The summed E-state index contributed by atoms with van der Waals surface area (Å²) in [6.07, 6.45) is 0. The van der Waals surface area contributed by atoms with Crippen LogP contribution in [0.25, 0.3) is 0 Å². The van der Waals surface area contributed by atoms with E-state index in [0.717, 1.165) is 10.2 Å². The van der Waals surface area contributed by atoms with Crippen molar-refractivity contribution in [1.82, 2.24) is 0 Å². The molecule has 154 valence electrons. The molecule has 0 saturated heterocycles. The first-order valence-electron chi connectivity index (χ1n) is 9.74. The van der Waals surface area contributed by atoms with Gasteiger partial charge in [0.25, 0.3) is 11.8 Å². The van der Waals surface area contributed by atoms with Crippen molar-refractivity contribution in [2.24, 2.45) is 0 Å². The van der Waals surface area contributed by atoms with Gasteiger partial charge in [0.2, 0.25) is 0 Å². The maximum Gasteiger partial charge on any atom is 0.259 e. The second kappa shape index (κ2) is 10.1. The van der Waals surface area contributed by atoms with Crippen LogP contribution in [0.4, 0.5) is 11.4 Å². The van der Waals surface area contributed by atoms with Crippen molar-refractivity contribution < 1.29 is 14.3 Å². The summed E-state index contributed by atoms with van der Waals surface area (Å²) in [5.41, 5.74) is 2.44. The van der Waals surface area contributed by atoms with Crippen LogP contribution in [0.2, 0.25) is 0 Å². The van der Waals surface area contributed by atoms with E-state index in [0.29, 0.717) is 35.7 Å². The summed E-state index contributed by atoms with van der Waals surface area (Å²) in [7, 11) is 0. The lowest BCUT2D eigenvalue weighted by molar-refractivity contribution is 0.0987. The van der Waals surface area contributed by atoms with Gasteiger partial charge in [0.15, 0.2) is 0 Å². The largest absolute Gasteiger partial charge is 0.493 e. The Hall–Kier alpha value is -3.12. The number of benzene rings is 3. The van der Waals surface area contributed by atoms with Gasteiger partial charge in [-0.2, -0.15) is 0 Å². The summed E-state index contributed by atoms with van der Waals surface area (Å²) in [4.78, 5) is 27.3. The van der Waals surface area contributed by atoms with Crippen molar-refractivity contribution in [2.75, 3.05) is 23.4 Å². The minimum Gasteiger partial charge on any atom is -0.493 e. The third kappa shape index (κ3) is 5.07. The molecular formula is C24H23BrN2O3. The van der Waals surface area contributed by atoms with Gasteiger partial charge in [-0.25, -0.2) is 0 Å². The molecule has 0 saturated carbocycles. The van der Waals surface area contributed by atoms with E-state index < -0.39 is 0 Å². The highest BCUT2D eigenvalue weighted by Gasteiger charge is 2.17. The van der Waals surface area contributed by atoms with Crippen molar-refractivity contribution in [3.8, 4) is 5.75 Å². The zero-order valence-corrected chi connectivity index (χ0v) is 18.5. The molecule has 3 aromatic carbocycles. The molecule has 0 unspecified atom stereocenters. The van der Waals surface area contributed by atoms with Crippen LogP contribution in [0, 0.1) is 0 Å². The fourth-order valence-electron chi connectivity index (χ4n) is 3.06. The van der Waals surface area contributed by atoms with Crippen LogP contribution >= 0.6 is 15.9 Å². The highest BCUT2D eigenvalue weighted by atomic mass is 79.9. The number of carbonyl (C=O) groups excluding carboxylic acids is 2. The van der Waals surface area contributed by atoms with Crippen molar-refractivity contribution >= 4 is 39.1 Å². The van der Waals surface area contributed by atoms with Gasteiger partial charge in [0.1, 0.15) is 5.75 Å². The Labute approximate surface area is 184 Å². The molecule has 0 spiro atoms. The van der Waals surface area contributed by atoms with Crippen LogP contribution in [0.5, 0.6) is 5.75 Å². The average molecular weight is 467 g/mol. The number of hydrogen-bond donors (Lipinski definition) is 1. The molecule has 0 fully saturated rings. The fraction of sp³-hybridized carbons (Fsp3) is 0.167. The van der Waals surface area contributed by atoms with Crippen molar-refractivity contribution in [1.29, 1.82) is 0 Å². The SMILES string of the molecule is CCOc1ccc(Br)cc1C(=O)Nc1ccc(C(=O)N(CC)c2ccccc2)cc1. The van der Waals surface area contributed by atoms with E-state index in [1.165, 1.54) is 0 Å². The molecule has 0 heterocycles. The molecule has 0 aliphatic carbocycles. The van der Waals surface area contributed by atoms with Crippen LogP contribution in [-0.2, 0) is 0 Å². The number of carbonyl (C=O) groups is 2. The fourth-order valence-corrected chi connectivity index (χ4v) is 3.42. The predicted octanol–water partition coefficient (Wildman–Crippen LogP) is 5.77. The molecule has 0 aromatic heterocycles. The first-order valence-corrected chi connectivity index (χ1v) is 10.5. The van der Waals surface area contributed by atoms with E-state index in [1.807, 2.05) is 50.2 Å². The van der Waals surface area contributed by atoms with Crippen LogP contribution in [0.15, 0.2) is 77.3 Å². The minimum absolute atomic E-state index is 0.0906. The normalized spacial score (nSPS) is 10.4. The number of hydrogen-bond acceptors (Lipinski definition) is 3. The zero-order valence-electron chi connectivity index (χ0n) is 16.9. The standard InChI is InChI=1S/C24H23BrN2O3/c1-3-27(20-8-6-5-7-9-20)24(29)17-10-13-19(14-11-17)26-23(28)21-16-18(25)12-15-22(21)30-4-2/h5-16H,3-4H2,1-2H3,(H,26,28). The van der Waals surface area contributed by atoms with Crippen LogP contribution in [0.3, 0.4) is 0 Å². The van der Waals surface area contributed by atoms with E-state index in [4.69, 9.17) is 4.74 Å². The Bertz CT molecular complexity index is 1020. The monoisotopic (exact) mass is 466 g/mol. The lowest BCUT2D eigenvalue weighted by Gasteiger charge is -2.21. The Balaban J connectivity index is 1.75. The number of amides is 2. The maximum atomic E-state index is 12.9. The molecule has 0 atom stereocenters. The summed E-state index contributed by atoms with van der Waals surface area (Å²) in [6, 6.07) is 21.7. The van der Waals surface area contributed by atoms with Crippen molar-refractivity contribution in [3.05, 3.63) is 88.4 Å². The van der Waals surface area contributed by atoms with Gasteiger partial charge in [0.05, 0.1) is 12.2 Å². The zero-order chi connectivity index (χ0) is 21.5. The smallest absolute Gasteiger partial charge is 0.259 e. The van der Waals surface area contributed by atoms with Gasteiger partial charge >= 0.3 is 0 Å². The second-order valence-electron chi connectivity index (χ2n) is 6.49. The number of halogens is 1. The quantitative estimate of drug-likeness (QED) is 0.480. The predicted molar refractivity (Wildman–Crippen MR) is 123 cm³/mol. The summed E-state index contributed by atoms with van der Waals surface area (Å²) >= 11 is 3.39. The molecule has 0 aliphatic heterocycles. The van der Waals surface area contributed by atoms with Gasteiger partial charge in [-0.05, 0) is 68.4 Å². The minimum atomic E-state index is -0.279. The van der Waals surface area contributed by atoms with Gasteiger partial charge in [0, 0.05) is 28.0 Å². The van der Waals surface area contributed by atoms with Crippen molar-refractivity contribution in [2.45, 2.75) is 13.8 Å². The third-order valence-electron chi connectivity index (χ3n) is 4.51. The summed E-state index contributed by atoms with van der Waals surface area (Å²) in [5, 5.41) is 2.86. The van der Waals surface area contributed by atoms with E-state index in [1.54, 1.807) is 41.3 Å². The molecule has 0 aliphatic rings. The molecule has 6 heteroatoms. The first kappa shape index (κ1) is 21.6. The maximum absolute atomic E-state index is 12.9. The van der Waals surface area contributed by atoms with Crippen molar-refractivity contribution in [3.63, 3.8) is 0 Å². The number of nitrogens with one attached hydrogen (secondary N) is 1. The number of para-hydroxylation sites is 1. The third-order valence-corrected chi connectivity index (χ3v) is 5.00. The molecule has 1 N–H and O–H groups in total. The molecule has 0 bridgehead atoms. The number of nitrogens with zero attached hydrogens (tertiary/aromatic N) is 1. The van der Waals surface area contributed by atoms with Crippen LogP contribution in [-0.4, -0.2) is 25.0 Å². The Kier molecular flexibility index (Phi) is 7.25. The van der Waals surface area contributed by atoms with Gasteiger partial charge in [-0.1, -0.05) is 34.1 Å². The van der Waals surface area contributed by atoms with E-state index in [2.05, 4.69) is 21.2 Å². The molecule has 3 aromatic rings. The summed E-state index contributed by atoms with van der Waals surface area (Å²) in [5.74, 6) is 0.150. The lowest BCUT2D eigenvalue weighted by atomic mass is 10.1. The highest BCUT2D eigenvalue weighted by molar-refractivity contribution is 9.10. The number of anilines is 2. The Morgan fingerprint density at radius 3 is 2.30 bits per heavy atom. The van der Waals surface area contributed by atoms with Crippen LogP contribution < -0.4 is 15.0 Å². The molecule has 5 nitrogen and oxygen atoms in total. The van der Waals surface area contributed by atoms with Gasteiger partial charge in [-0.3, -0.25) is 9.59 Å². The Morgan fingerprint density at radius 1 is 0.967 bits per heavy atom. The van der Waals surface area contributed by atoms with Gasteiger partial charge in [-0.15, -0.1) is 0 Å². The van der Waals surface area contributed by atoms with E-state index in [-0.39, 0.29) is 11.8 Å². The number of rotatable bonds is 7. The van der Waals surface area contributed by atoms with E-state index in [9.17, 15) is 9.59 Å². The summed E-state index contributed by atoms with van der Waals surface area (Å²) < 4.78 is 6.34. The molecule has 30 heavy (non-hydrogen) atoms. The molecule has 2 amide bonds. The summed E-state index contributed by atoms with van der Waals surface area (Å²) in [6.45, 7) is 4.83. The highest BCUT2D eigenvalue weighted by Crippen LogP contribution is 2.25. The van der Waals surface area contributed by atoms with Gasteiger partial charge < -0.3 is 15.0 Å². The molecule has 3 rings (SSSR count).